The van der Waals surface area contributed by atoms with E-state index in [1.165, 1.54) is 0 Å². The standard InChI is InChI=1S/C25H37ClN6OSi/c1-25(2,3)28-18-11-12-31(16-18)23-10-9-22(29-30-23)19-7-8-21(26)24-20(19)15-27-32(24)17-33-13-14-34(4,5)6/h7-10,15,18,28H,11-14,16-17H2,1-6H3. The van der Waals surface area contributed by atoms with Gasteiger partial charge in [0.05, 0.1) is 22.4 Å². The summed E-state index contributed by atoms with van der Waals surface area (Å²) in [6.07, 6.45) is 2.95. The summed E-state index contributed by atoms with van der Waals surface area (Å²) < 4.78 is 7.75. The summed E-state index contributed by atoms with van der Waals surface area (Å²) >= 11 is 6.56. The number of nitrogens with zero attached hydrogens (tertiary/aromatic N) is 5. The molecule has 9 heteroatoms. The smallest absolute Gasteiger partial charge is 0.151 e. The molecule has 7 nitrogen and oxygen atoms in total. The van der Waals surface area contributed by atoms with E-state index in [0.717, 1.165) is 60.1 Å². The lowest BCUT2D eigenvalue weighted by atomic mass is 10.1. The van der Waals surface area contributed by atoms with Crippen LogP contribution in [-0.2, 0) is 11.5 Å². The Balaban J connectivity index is 1.48. The number of nitrogens with one attached hydrogen (secondary N) is 1. The van der Waals surface area contributed by atoms with Gasteiger partial charge in [0.25, 0.3) is 0 Å². The van der Waals surface area contributed by atoms with Gasteiger partial charge in [-0.25, -0.2) is 4.68 Å². The lowest BCUT2D eigenvalue weighted by molar-refractivity contribution is 0.0817. The quantitative estimate of drug-likeness (QED) is 0.328. The highest BCUT2D eigenvalue weighted by atomic mass is 35.5. The monoisotopic (exact) mass is 500 g/mol. The van der Waals surface area contributed by atoms with Crippen LogP contribution in [0.15, 0.2) is 30.5 Å². The average Bonchev–Trinajstić information content (AvgIpc) is 3.38. The van der Waals surface area contributed by atoms with Crippen molar-refractivity contribution in [3.63, 3.8) is 0 Å². The van der Waals surface area contributed by atoms with E-state index < -0.39 is 8.07 Å². The second kappa shape index (κ2) is 9.93. The Hall–Kier alpha value is -2.00. The average molecular weight is 501 g/mol. The molecule has 1 aromatic carbocycles. The highest BCUT2D eigenvalue weighted by Gasteiger charge is 2.27. The Morgan fingerprint density at radius 2 is 1.94 bits per heavy atom. The minimum absolute atomic E-state index is 0.111. The topological polar surface area (TPSA) is 68.1 Å². The first-order valence-electron chi connectivity index (χ1n) is 12.1. The molecule has 0 aliphatic carbocycles. The van der Waals surface area contributed by atoms with E-state index in [2.05, 4.69) is 72.0 Å². The molecule has 1 atom stereocenters. The number of ether oxygens (including phenoxy) is 1. The number of anilines is 1. The van der Waals surface area contributed by atoms with E-state index in [1.54, 1.807) is 0 Å². The van der Waals surface area contributed by atoms with Crippen LogP contribution in [0.5, 0.6) is 0 Å². The van der Waals surface area contributed by atoms with Gasteiger partial charge in [0, 0.05) is 50.3 Å². The molecule has 0 saturated carbocycles. The summed E-state index contributed by atoms with van der Waals surface area (Å²) in [4.78, 5) is 2.30. The molecular weight excluding hydrogens is 464 g/mol. The summed E-state index contributed by atoms with van der Waals surface area (Å²) in [6.45, 7) is 16.7. The van der Waals surface area contributed by atoms with Crippen LogP contribution in [0.4, 0.5) is 5.82 Å². The molecule has 2 aromatic heterocycles. The van der Waals surface area contributed by atoms with Crippen LogP contribution in [0.2, 0.25) is 30.7 Å². The zero-order chi connectivity index (χ0) is 24.5. The Morgan fingerprint density at radius 1 is 1.15 bits per heavy atom. The first-order valence-corrected chi connectivity index (χ1v) is 16.2. The zero-order valence-electron chi connectivity index (χ0n) is 21.2. The van der Waals surface area contributed by atoms with Gasteiger partial charge in [0.2, 0.25) is 0 Å². The van der Waals surface area contributed by atoms with Gasteiger partial charge in [0.15, 0.2) is 5.82 Å². The van der Waals surface area contributed by atoms with Gasteiger partial charge in [0.1, 0.15) is 6.73 Å². The van der Waals surface area contributed by atoms with Gasteiger partial charge < -0.3 is 15.0 Å². The Bertz CT molecular complexity index is 1120. The lowest BCUT2D eigenvalue weighted by Gasteiger charge is -2.26. The van der Waals surface area contributed by atoms with Crippen LogP contribution in [0.25, 0.3) is 22.2 Å². The van der Waals surface area contributed by atoms with Crippen molar-refractivity contribution in [3.8, 4) is 11.3 Å². The van der Waals surface area contributed by atoms with Crippen LogP contribution in [0.3, 0.4) is 0 Å². The van der Waals surface area contributed by atoms with E-state index in [4.69, 9.17) is 16.3 Å². The predicted molar refractivity (Wildman–Crippen MR) is 143 cm³/mol. The van der Waals surface area contributed by atoms with Crippen LogP contribution >= 0.6 is 11.6 Å². The second-order valence-electron chi connectivity index (χ2n) is 11.5. The number of hydrogen-bond acceptors (Lipinski definition) is 6. The summed E-state index contributed by atoms with van der Waals surface area (Å²) in [5.41, 5.74) is 2.77. The normalized spacial score (nSPS) is 17.1. The Labute approximate surface area is 208 Å². The summed E-state index contributed by atoms with van der Waals surface area (Å²) in [5, 5.41) is 19.0. The van der Waals surface area contributed by atoms with Crippen molar-refractivity contribution in [2.45, 2.75) is 71.2 Å². The molecule has 1 fully saturated rings. The maximum absolute atomic E-state index is 6.56. The van der Waals surface area contributed by atoms with Crippen LogP contribution in [0, 0.1) is 0 Å². The van der Waals surface area contributed by atoms with Crippen molar-refractivity contribution >= 4 is 36.4 Å². The summed E-state index contributed by atoms with van der Waals surface area (Å²) in [6, 6.07) is 9.58. The predicted octanol–water partition coefficient (Wildman–Crippen LogP) is 5.43. The fourth-order valence-corrected chi connectivity index (χ4v) is 5.37. The highest BCUT2D eigenvalue weighted by Crippen LogP contribution is 2.32. The van der Waals surface area contributed by atoms with E-state index in [9.17, 15) is 0 Å². The molecule has 1 N–H and O–H groups in total. The number of hydrogen-bond donors (Lipinski definition) is 1. The number of fused-ring (bicyclic) bond motifs is 1. The molecule has 0 amide bonds. The van der Waals surface area contributed by atoms with E-state index >= 15 is 0 Å². The fourth-order valence-electron chi connectivity index (χ4n) is 4.35. The molecule has 0 spiro atoms. The van der Waals surface area contributed by atoms with Gasteiger partial charge >= 0.3 is 0 Å². The maximum atomic E-state index is 6.56. The largest absolute Gasteiger partial charge is 0.360 e. The summed E-state index contributed by atoms with van der Waals surface area (Å²) in [7, 11) is -1.13. The minimum atomic E-state index is -1.13. The molecule has 34 heavy (non-hydrogen) atoms. The van der Waals surface area contributed by atoms with Crippen molar-refractivity contribution in [3.05, 3.63) is 35.5 Å². The first kappa shape index (κ1) is 25.1. The zero-order valence-corrected chi connectivity index (χ0v) is 23.0. The van der Waals surface area contributed by atoms with Crippen molar-refractivity contribution in [2.75, 3.05) is 24.6 Å². The Morgan fingerprint density at radius 3 is 2.62 bits per heavy atom. The third-order valence-corrected chi connectivity index (χ3v) is 8.05. The third-order valence-electron chi connectivity index (χ3n) is 6.04. The van der Waals surface area contributed by atoms with Crippen LogP contribution < -0.4 is 10.2 Å². The Kier molecular flexibility index (Phi) is 7.33. The summed E-state index contributed by atoms with van der Waals surface area (Å²) in [5.74, 6) is 0.915. The van der Waals surface area contributed by atoms with Crippen molar-refractivity contribution in [1.82, 2.24) is 25.3 Å². The maximum Gasteiger partial charge on any atom is 0.151 e. The molecular formula is C25H37ClN6OSi. The van der Waals surface area contributed by atoms with Crippen molar-refractivity contribution in [2.24, 2.45) is 0 Å². The highest BCUT2D eigenvalue weighted by molar-refractivity contribution is 6.76. The van der Waals surface area contributed by atoms with Gasteiger partial charge in [-0.2, -0.15) is 5.10 Å². The van der Waals surface area contributed by atoms with Gasteiger partial charge in [-0.05, 0) is 51.4 Å². The number of halogens is 1. The molecule has 0 radical (unpaired) electrons. The molecule has 0 bridgehead atoms. The van der Waals surface area contributed by atoms with E-state index in [1.807, 2.05) is 29.1 Å². The minimum Gasteiger partial charge on any atom is -0.360 e. The van der Waals surface area contributed by atoms with Crippen molar-refractivity contribution < 1.29 is 4.74 Å². The van der Waals surface area contributed by atoms with Gasteiger partial charge in [-0.15, -0.1) is 10.2 Å². The van der Waals surface area contributed by atoms with Gasteiger partial charge in [-0.3, -0.25) is 0 Å². The number of benzene rings is 1. The van der Waals surface area contributed by atoms with Crippen LogP contribution in [-0.4, -0.2) is 59.3 Å². The van der Waals surface area contributed by atoms with Crippen LogP contribution in [0.1, 0.15) is 27.2 Å². The molecule has 3 heterocycles. The number of rotatable bonds is 8. The third kappa shape index (κ3) is 6.16. The van der Waals surface area contributed by atoms with E-state index in [-0.39, 0.29) is 5.54 Å². The molecule has 1 aliphatic heterocycles. The molecule has 1 aliphatic rings. The van der Waals surface area contributed by atoms with Crippen molar-refractivity contribution in [1.29, 1.82) is 0 Å². The molecule has 184 valence electrons. The fraction of sp³-hybridized carbons (Fsp3) is 0.560. The second-order valence-corrected chi connectivity index (χ2v) is 17.5. The SMILES string of the molecule is CC(C)(C)NC1CCN(c2ccc(-c3ccc(Cl)c4c3cnn4COCC[Si](C)(C)C)nn2)C1. The van der Waals surface area contributed by atoms with Gasteiger partial charge in [-0.1, -0.05) is 37.3 Å². The first-order chi connectivity index (χ1) is 16.0. The number of aromatic nitrogens is 4. The molecule has 1 saturated heterocycles. The van der Waals surface area contributed by atoms with E-state index in [0.29, 0.717) is 17.8 Å². The molecule has 3 aromatic rings. The molecule has 4 rings (SSSR count). The molecule has 1 unspecified atom stereocenters. The lowest BCUT2D eigenvalue weighted by Crippen LogP contribution is -2.45.